The summed E-state index contributed by atoms with van der Waals surface area (Å²) >= 11 is 0. The number of guanidine groups is 1. The lowest BCUT2D eigenvalue weighted by Gasteiger charge is -2.30. The Kier molecular flexibility index (Phi) is 10.6. The van der Waals surface area contributed by atoms with Gasteiger partial charge < -0.3 is 15.4 Å². The molecule has 1 aliphatic carbocycles. The normalized spacial score (nSPS) is 15.8. The molecule has 26 heavy (non-hydrogen) atoms. The second-order valence-corrected chi connectivity index (χ2v) is 6.81. The van der Waals surface area contributed by atoms with E-state index in [2.05, 4.69) is 23.6 Å². The van der Waals surface area contributed by atoms with E-state index in [4.69, 9.17) is 15.0 Å². The highest BCUT2D eigenvalue weighted by Gasteiger charge is 2.33. The van der Waals surface area contributed by atoms with Crippen LogP contribution in [0.5, 0.6) is 0 Å². The average molecular weight is 470 g/mol. The molecule has 6 heteroatoms. The van der Waals surface area contributed by atoms with E-state index in [0.29, 0.717) is 17.5 Å². The van der Waals surface area contributed by atoms with E-state index in [1.165, 1.54) is 25.7 Å². The zero-order chi connectivity index (χ0) is 18.0. The number of rotatable bonds is 8. The SMILES string of the molecule is CCNC(=NCc1ccc(C#N)cc1)NCC1(CCOC)CCCC1.I. The molecule has 0 aliphatic heterocycles. The van der Waals surface area contributed by atoms with Crippen LogP contribution in [-0.4, -0.2) is 32.8 Å². The minimum absolute atomic E-state index is 0. The minimum atomic E-state index is 0. The number of hydrogen-bond donors (Lipinski definition) is 2. The Hall–Kier alpha value is -1.33. The molecule has 1 saturated carbocycles. The van der Waals surface area contributed by atoms with Gasteiger partial charge in [-0.05, 0) is 49.3 Å². The number of aliphatic imine (C=N–C) groups is 1. The van der Waals surface area contributed by atoms with Gasteiger partial charge in [0.05, 0.1) is 18.2 Å². The van der Waals surface area contributed by atoms with E-state index in [1.807, 2.05) is 24.3 Å². The molecule has 2 rings (SSSR count). The summed E-state index contributed by atoms with van der Waals surface area (Å²) in [6, 6.07) is 9.74. The van der Waals surface area contributed by atoms with Crippen LogP contribution in [0, 0.1) is 16.7 Å². The van der Waals surface area contributed by atoms with Gasteiger partial charge in [-0.25, -0.2) is 4.99 Å². The number of nitrogens with one attached hydrogen (secondary N) is 2. The summed E-state index contributed by atoms with van der Waals surface area (Å²) in [5.41, 5.74) is 2.12. The molecule has 144 valence electrons. The largest absolute Gasteiger partial charge is 0.385 e. The summed E-state index contributed by atoms with van der Waals surface area (Å²) < 4.78 is 5.31. The van der Waals surface area contributed by atoms with Gasteiger partial charge in [0.25, 0.3) is 0 Å². The predicted octanol–water partition coefficient (Wildman–Crippen LogP) is 3.83. The van der Waals surface area contributed by atoms with Gasteiger partial charge in [-0.15, -0.1) is 24.0 Å². The molecule has 0 radical (unpaired) electrons. The summed E-state index contributed by atoms with van der Waals surface area (Å²) in [6.45, 7) is 5.28. The highest BCUT2D eigenvalue weighted by molar-refractivity contribution is 14.0. The molecule has 0 unspecified atom stereocenters. The van der Waals surface area contributed by atoms with Gasteiger partial charge in [-0.1, -0.05) is 25.0 Å². The van der Waals surface area contributed by atoms with Crippen molar-refractivity contribution in [1.82, 2.24) is 10.6 Å². The molecule has 1 fully saturated rings. The molecule has 0 saturated heterocycles. The standard InChI is InChI=1S/C20H30N4O.HI/c1-3-22-19(23-15-18-8-6-17(14-21)7-9-18)24-16-20(12-13-25-2)10-4-5-11-20;/h6-9H,3-5,10-13,15-16H2,1-2H3,(H2,22,23,24);1H. The number of halogens is 1. The van der Waals surface area contributed by atoms with Crippen LogP contribution in [0.1, 0.15) is 50.2 Å². The molecule has 0 amide bonds. The maximum atomic E-state index is 8.87. The van der Waals surface area contributed by atoms with Crippen LogP contribution in [0.25, 0.3) is 0 Å². The second kappa shape index (κ2) is 12.1. The van der Waals surface area contributed by atoms with Gasteiger partial charge >= 0.3 is 0 Å². The van der Waals surface area contributed by atoms with Gasteiger partial charge in [0.15, 0.2) is 5.96 Å². The van der Waals surface area contributed by atoms with Crippen molar-refractivity contribution in [3.63, 3.8) is 0 Å². The third-order valence-electron chi connectivity index (χ3n) is 4.98. The van der Waals surface area contributed by atoms with Crippen molar-refractivity contribution in [3.8, 4) is 6.07 Å². The molecule has 5 nitrogen and oxygen atoms in total. The fourth-order valence-corrected chi connectivity index (χ4v) is 3.43. The quantitative estimate of drug-likeness (QED) is 0.344. The van der Waals surface area contributed by atoms with E-state index in [0.717, 1.165) is 37.6 Å². The highest BCUT2D eigenvalue weighted by atomic mass is 127. The van der Waals surface area contributed by atoms with Crippen molar-refractivity contribution < 1.29 is 4.74 Å². The summed E-state index contributed by atoms with van der Waals surface area (Å²) in [4.78, 5) is 4.69. The molecule has 2 N–H and O–H groups in total. The topological polar surface area (TPSA) is 69.4 Å². The van der Waals surface area contributed by atoms with Crippen LogP contribution in [-0.2, 0) is 11.3 Å². The van der Waals surface area contributed by atoms with Crippen molar-refractivity contribution in [2.75, 3.05) is 26.8 Å². The fraction of sp³-hybridized carbons (Fsp3) is 0.600. The fourth-order valence-electron chi connectivity index (χ4n) is 3.43. The first-order valence-electron chi connectivity index (χ1n) is 9.21. The number of ether oxygens (including phenoxy) is 1. The third kappa shape index (κ3) is 7.12. The number of methoxy groups -OCH3 is 1. The van der Waals surface area contributed by atoms with E-state index in [9.17, 15) is 0 Å². The second-order valence-electron chi connectivity index (χ2n) is 6.81. The number of nitriles is 1. The minimum Gasteiger partial charge on any atom is -0.385 e. The zero-order valence-electron chi connectivity index (χ0n) is 15.9. The molecular formula is C20H31IN4O. The van der Waals surface area contributed by atoms with Gasteiger partial charge in [0.1, 0.15) is 0 Å². The molecule has 0 heterocycles. The van der Waals surface area contributed by atoms with Crippen molar-refractivity contribution in [2.45, 2.75) is 45.6 Å². The van der Waals surface area contributed by atoms with E-state index >= 15 is 0 Å². The molecule has 1 aromatic rings. The molecule has 0 bridgehead atoms. The Morgan fingerprint density at radius 1 is 1.23 bits per heavy atom. The Labute approximate surface area is 174 Å². The van der Waals surface area contributed by atoms with Gasteiger partial charge in [0, 0.05) is 26.8 Å². The Morgan fingerprint density at radius 3 is 2.50 bits per heavy atom. The Bertz CT molecular complexity index is 589. The summed E-state index contributed by atoms with van der Waals surface area (Å²) in [7, 11) is 1.78. The lowest BCUT2D eigenvalue weighted by Crippen LogP contribution is -2.43. The first-order valence-corrected chi connectivity index (χ1v) is 9.21. The average Bonchev–Trinajstić information content (AvgIpc) is 3.12. The van der Waals surface area contributed by atoms with Crippen LogP contribution in [0.15, 0.2) is 29.3 Å². The Balaban J connectivity index is 0.00000338. The van der Waals surface area contributed by atoms with E-state index in [1.54, 1.807) is 7.11 Å². The lowest BCUT2D eigenvalue weighted by molar-refractivity contribution is 0.138. The van der Waals surface area contributed by atoms with Crippen molar-refractivity contribution in [2.24, 2.45) is 10.4 Å². The zero-order valence-corrected chi connectivity index (χ0v) is 18.2. The first-order chi connectivity index (χ1) is 12.2. The van der Waals surface area contributed by atoms with Crippen LogP contribution in [0.4, 0.5) is 0 Å². The van der Waals surface area contributed by atoms with E-state index in [-0.39, 0.29) is 24.0 Å². The monoisotopic (exact) mass is 470 g/mol. The van der Waals surface area contributed by atoms with Gasteiger partial charge in [0.2, 0.25) is 0 Å². The van der Waals surface area contributed by atoms with Crippen LogP contribution >= 0.6 is 24.0 Å². The number of nitrogens with zero attached hydrogens (tertiary/aromatic N) is 2. The van der Waals surface area contributed by atoms with E-state index < -0.39 is 0 Å². The van der Waals surface area contributed by atoms with Gasteiger partial charge in [-0.3, -0.25) is 0 Å². The van der Waals surface area contributed by atoms with Crippen molar-refractivity contribution >= 4 is 29.9 Å². The third-order valence-corrected chi connectivity index (χ3v) is 4.98. The van der Waals surface area contributed by atoms with Crippen LogP contribution in [0.3, 0.4) is 0 Å². The number of benzene rings is 1. The number of hydrogen-bond acceptors (Lipinski definition) is 3. The molecule has 1 aromatic carbocycles. The first kappa shape index (κ1) is 22.7. The molecule has 0 aromatic heterocycles. The molecule has 1 aliphatic rings. The highest BCUT2D eigenvalue weighted by Crippen LogP contribution is 2.40. The smallest absolute Gasteiger partial charge is 0.191 e. The lowest BCUT2D eigenvalue weighted by atomic mass is 9.83. The Morgan fingerprint density at radius 2 is 1.92 bits per heavy atom. The predicted molar refractivity (Wildman–Crippen MR) is 117 cm³/mol. The van der Waals surface area contributed by atoms with Crippen LogP contribution < -0.4 is 10.6 Å². The van der Waals surface area contributed by atoms with Crippen molar-refractivity contribution in [1.29, 1.82) is 5.26 Å². The molecule has 0 atom stereocenters. The maximum absolute atomic E-state index is 8.87. The summed E-state index contributed by atoms with van der Waals surface area (Å²) in [5.74, 6) is 0.857. The summed E-state index contributed by atoms with van der Waals surface area (Å²) in [5, 5.41) is 15.7. The summed E-state index contributed by atoms with van der Waals surface area (Å²) in [6.07, 6.45) is 6.25. The maximum Gasteiger partial charge on any atom is 0.191 e. The van der Waals surface area contributed by atoms with Crippen molar-refractivity contribution in [3.05, 3.63) is 35.4 Å². The molecular weight excluding hydrogens is 439 g/mol. The molecule has 0 spiro atoms. The van der Waals surface area contributed by atoms with Gasteiger partial charge in [-0.2, -0.15) is 5.26 Å². The van der Waals surface area contributed by atoms with Crippen LogP contribution in [0.2, 0.25) is 0 Å².